The zero-order valence-electron chi connectivity index (χ0n) is 16.1. The molecule has 1 aliphatic rings. The molecule has 0 N–H and O–H groups in total. The number of hydrogen-bond donors (Lipinski definition) is 0. The number of benzene rings is 2. The van der Waals surface area contributed by atoms with Crippen molar-refractivity contribution in [2.24, 2.45) is 5.92 Å². The largest absolute Gasteiger partial charge is 0.0654 e. The van der Waals surface area contributed by atoms with Gasteiger partial charge in [-0.15, -0.1) is 0 Å². The Hall–Kier alpha value is -1.56. The molecule has 0 spiro atoms. The highest BCUT2D eigenvalue weighted by Crippen LogP contribution is 2.37. The van der Waals surface area contributed by atoms with E-state index in [1.807, 2.05) is 0 Å². The molecule has 0 aliphatic heterocycles. The summed E-state index contributed by atoms with van der Waals surface area (Å²) in [5.41, 5.74) is 4.48. The lowest BCUT2D eigenvalue weighted by Gasteiger charge is -2.29. The third kappa shape index (κ3) is 5.21. The van der Waals surface area contributed by atoms with E-state index >= 15 is 0 Å². The van der Waals surface area contributed by atoms with Crippen LogP contribution in [0.3, 0.4) is 0 Å². The summed E-state index contributed by atoms with van der Waals surface area (Å²) in [6, 6.07) is 20.4. The van der Waals surface area contributed by atoms with Crippen LogP contribution in [-0.2, 0) is 6.42 Å². The van der Waals surface area contributed by atoms with Crippen LogP contribution in [0.4, 0.5) is 0 Å². The molecule has 0 saturated heterocycles. The van der Waals surface area contributed by atoms with Crippen LogP contribution >= 0.6 is 0 Å². The Morgan fingerprint density at radius 3 is 2.20 bits per heavy atom. The first kappa shape index (κ1) is 18.2. The van der Waals surface area contributed by atoms with E-state index in [9.17, 15) is 0 Å². The maximum Gasteiger partial charge on any atom is -0.0150 e. The van der Waals surface area contributed by atoms with Gasteiger partial charge in [-0.25, -0.2) is 0 Å². The van der Waals surface area contributed by atoms with Gasteiger partial charge in [-0.1, -0.05) is 87.7 Å². The van der Waals surface area contributed by atoms with Crippen molar-refractivity contribution in [1.82, 2.24) is 0 Å². The van der Waals surface area contributed by atoms with Crippen molar-refractivity contribution >= 4 is 0 Å². The Kier molecular flexibility index (Phi) is 6.73. The molecule has 0 radical (unpaired) electrons. The summed E-state index contributed by atoms with van der Waals surface area (Å²) in [5.74, 6) is 2.39. The van der Waals surface area contributed by atoms with Crippen molar-refractivity contribution in [3.8, 4) is 0 Å². The minimum absolute atomic E-state index is 0.584. The second kappa shape index (κ2) is 9.22. The molecule has 2 aromatic carbocycles. The van der Waals surface area contributed by atoms with Gasteiger partial charge in [0.1, 0.15) is 0 Å². The van der Waals surface area contributed by atoms with Gasteiger partial charge in [-0.2, -0.15) is 0 Å². The van der Waals surface area contributed by atoms with Crippen molar-refractivity contribution in [3.05, 3.63) is 71.3 Å². The molecular weight excluding hydrogens is 300 g/mol. The SMILES string of the molecule is CCCCC1CCC(c2ccc(CC(C)c3ccccc3)cc2)CC1. The highest BCUT2D eigenvalue weighted by atomic mass is 14.3. The minimum atomic E-state index is 0.584. The fourth-order valence-corrected chi connectivity index (χ4v) is 4.46. The van der Waals surface area contributed by atoms with E-state index in [-0.39, 0.29) is 0 Å². The lowest BCUT2D eigenvalue weighted by molar-refractivity contribution is 0.304. The molecule has 0 aromatic heterocycles. The van der Waals surface area contributed by atoms with Gasteiger partial charge < -0.3 is 0 Å². The van der Waals surface area contributed by atoms with Crippen molar-refractivity contribution in [2.75, 3.05) is 0 Å². The number of unbranched alkanes of at least 4 members (excludes halogenated alkanes) is 1. The summed E-state index contributed by atoms with van der Waals surface area (Å²) in [7, 11) is 0. The van der Waals surface area contributed by atoms with Crippen LogP contribution in [0.1, 0.15) is 87.3 Å². The van der Waals surface area contributed by atoms with Crippen LogP contribution in [0.15, 0.2) is 54.6 Å². The molecule has 1 unspecified atom stereocenters. The van der Waals surface area contributed by atoms with Crippen LogP contribution in [0.2, 0.25) is 0 Å². The average molecular weight is 335 g/mol. The molecule has 1 aliphatic carbocycles. The van der Waals surface area contributed by atoms with Gasteiger partial charge in [0.15, 0.2) is 0 Å². The number of rotatable bonds is 7. The predicted octanol–water partition coefficient (Wildman–Crippen LogP) is 7.50. The van der Waals surface area contributed by atoms with E-state index < -0.39 is 0 Å². The van der Waals surface area contributed by atoms with E-state index in [0.29, 0.717) is 5.92 Å². The molecule has 1 saturated carbocycles. The lowest BCUT2D eigenvalue weighted by Crippen LogP contribution is -2.13. The van der Waals surface area contributed by atoms with Gasteiger partial charge in [0.05, 0.1) is 0 Å². The maximum absolute atomic E-state index is 2.41. The zero-order chi connectivity index (χ0) is 17.5. The van der Waals surface area contributed by atoms with Gasteiger partial charge >= 0.3 is 0 Å². The molecule has 25 heavy (non-hydrogen) atoms. The molecule has 1 atom stereocenters. The Morgan fingerprint density at radius 1 is 0.880 bits per heavy atom. The molecule has 0 heterocycles. The van der Waals surface area contributed by atoms with Crippen LogP contribution in [-0.4, -0.2) is 0 Å². The smallest absolute Gasteiger partial charge is 0.0150 e. The highest BCUT2D eigenvalue weighted by Gasteiger charge is 2.21. The normalized spacial score (nSPS) is 21.8. The molecule has 0 heteroatoms. The summed E-state index contributed by atoms with van der Waals surface area (Å²) in [4.78, 5) is 0. The van der Waals surface area contributed by atoms with Gasteiger partial charge in [-0.3, -0.25) is 0 Å². The molecule has 0 bridgehead atoms. The first-order valence-electron chi connectivity index (χ1n) is 10.4. The molecule has 0 amide bonds. The van der Waals surface area contributed by atoms with E-state index in [2.05, 4.69) is 68.4 Å². The fraction of sp³-hybridized carbons (Fsp3) is 0.520. The van der Waals surface area contributed by atoms with Crippen LogP contribution in [0, 0.1) is 5.92 Å². The lowest BCUT2D eigenvalue weighted by atomic mass is 9.77. The minimum Gasteiger partial charge on any atom is -0.0654 e. The van der Waals surface area contributed by atoms with Crippen molar-refractivity contribution in [3.63, 3.8) is 0 Å². The van der Waals surface area contributed by atoms with Gasteiger partial charge in [0.2, 0.25) is 0 Å². The van der Waals surface area contributed by atoms with Crippen molar-refractivity contribution < 1.29 is 0 Å². The Morgan fingerprint density at radius 2 is 1.56 bits per heavy atom. The number of hydrogen-bond acceptors (Lipinski definition) is 0. The van der Waals surface area contributed by atoms with Crippen LogP contribution < -0.4 is 0 Å². The second-order valence-corrected chi connectivity index (χ2v) is 8.12. The van der Waals surface area contributed by atoms with E-state index in [1.165, 1.54) is 56.1 Å². The van der Waals surface area contributed by atoms with Gasteiger partial charge in [0.25, 0.3) is 0 Å². The highest BCUT2D eigenvalue weighted by molar-refractivity contribution is 5.28. The Balaban J connectivity index is 1.52. The van der Waals surface area contributed by atoms with Crippen LogP contribution in [0.25, 0.3) is 0 Å². The Bertz CT molecular complexity index is 602. The third-order valence-electron chi connectivity index (χ3n) is 6.17. The van der Waals surface area contributed by atoms with E-state index in [1.54, 1.807) is 5.56 Å². The van der Waals surface area contributed by atoms with Gasteiger partial charge in [0, 0.05) is 0 Å². The maximum atomic E-state index is 2.41. The second-order valence-electron chi connectivity index (χ2n) is 8.12. The molecule has 0 nitrogen and oxygen atoms in total. The summed E-state index contributed by atoms with van der Waals surface area (Å²) in [6.07, 6.45) is 11.0. The summed E-state index contributed by atoms with van der Waals surface area (Å²) < 4.78 is 0. The molecular formula is C25H34. The standard InChI is InChI=1S/C25H34/c1-3-4-8-21-11-15-24(16-12-21)25-17-13-22(14-18-25)19-20(2)23-9-6-5-7-10-23/h5-7,9-10,13-14,17-18,20-21,24H,3-4,8,11-12,15-16,19H2,1-2H3. The van der Waals surface area contributed by atoms with Crippen LogP contribution in [0.5, 0.6) is 0 Å². The predicted molar refractivity (Wildman–Crippen MR) is 109 cm³/mol. The topological polar surface area (TPSA) is 0 Å². The van der Waals surface area contributed by atoms with Crippen molar-refractivity contribution in [1.29, 1.82) is 0 Å². The summed E-state index contributed by atoms with van der Waals surface area (Å²) >= 11 is 0. The summed E-state index contributed by atoms with van der Waals surface area (Å²) in [5, 5.41) is 0. The molecule has 2 aromatic rings. The molecule has 3 rings (SSSR count). The van der Waals surface area contributed by atoms with Crippen molar-refractivity contribution in [2.45, 2.75) is 77.0 Å². The molecule has 1 fully saturated rings. The van der Waals surface area contributed by atoms with E-state index in [0.717, 1.165) is 18.3 Å². The monoisotopic (exact) mass is 334 g/mol. The van der Waals surface area contributed by atoms with E-state index in [4.69, 9.17) is 0 Å². The molecule has 134 valence electrons. The zero-order valence-corrected chi connectivity index (χ0v) is 16.1. The third-order valence-corrected chi connectivity index (χ3v) is 6.17. The van der Waals surface area contributed by atoms with Gasteiger partial charge in [-0.05, 0) is 66.5 Å². The quantitative estimate of drug-likeness (QED) is 0.492. The first-order valence-corrected chi connectivity index (χ1v) is 10.4. The first-order chi connectivity index (χ1) is 12.3. The average Bonchev–Trinajstić information content (AvgIpc) is 2.68. The summed E-state index contributed by atoms with van der Waals surface area (Å²) in [6.45, 7) is 4.65. The fourth-order valence-electron chi connectivity index (χ4n) is 4.46. The Labute approximate surface area is 154 Å².